The number of benzene rings is 1. The topological polar surface area (TPSA) is 35.2 Å². The third kappa shape index (κ3) is 2.51. The number of hydrogen-bond acceptors (Lipinski definition) is 3. The molecule has 0 spiro atoms. The summed E-state index contributed by atoms with van der Waals surface area (Å²) in [6.07, 6.45) is 0. The van der Waals surface area contributed by atoms with E-state index in [9.17, 15) is 0 Å². The maximum Gasteiger partial charge on any atom is 0.124 e. The van der Waals surface area contributed by atoms with Crippen LogP contribution in [-0.2, 0) is 0 Å². The first-order valence-electron chi connectivity index (χ1n) is 5.57. The number of ether oxygens (including phenoxy) is 1. The van der Waals surface area contributed by atoms with E-state index in [0.717, 1.165) is 16.9 Å². The van der Waals surface area contributed by atoms with Gasteiger partial charge in [0.25, 0.3) is 0 Å². The van der Waals surface area contributed by atoms with Crippen molar-refractivity contribution in [2.24, 2.45) is 5.73 Å². The van der Waals surface area contributed by atoms with Crippen LogP contribution in [0.5, 0.6) is 5.75 Å². The first-order valence-corrected chi connectivity index (χ1v) is 6.45. The van der Waals surface area contributed by atoms with Gasteiger partial charge >= 0.3 is 0 Å². The molecule has 0 aliphatic rings. The lowest BCUT2D eigenvalue weighted by atomic mass is 9.99. The lowest BCUT2D eigenvalue weighted by Gasteiger charge is -2.15. The van der Waals surface area contributed by atoms with Crippen LogP contribution >= 0.6 is 11.3 Å². The third-order valence-corrected chi connectivity index (χ3v) is 3.71. The number of thiophene rings is 1. The predicted molar refractivity (Wildman–Crippen MR) is 72.8 cm³/mol. The minimum Gasteiger partial charge on any atom is -0.496 e. The Balaban J connectivity index is 2.39. The number of aryl methyl sites for hydroxylation is 2. The van der Waals surface area contributed by atoms with Gasteiger partial charge in [0.1, 0.15) is 5.75 Å². The van der Waals surface area contributed by atoms with Crippen molar-refractivity contribution in [1.82, 2.24) is 0 Å². The molecule has 0 bridgehead atoms. The highest BCUT2D eigenvalue weighted by Crippen LogP contribution is 2.31. The minimum absolute atomic E-state index is 0.115. The van der Waals surface area contributed by atoms with Crippen LogP contribution in [0, 0.1) is 13.8 Å². The van der Waals surface area contributed by atoms with Gasteiger partial charge in [-0.1, -0.05) is 12.1 Å². The summed E-state index contributed by atoms with van der Waals surface area (Å²) in [4.78, 5) is 1.28. The van der Waals surface area contributed by atoms with E-state index in [2.05, 4.69) is 24.4 Å². The van der Waals surface area contributed by atoms with E-state index < -0.39 is 0 Å². The van der Waals surface area contributed by atoms with E-state index in [-0.39, 0.29) is 6.04 Å². The average Bonchev–Trinajstić information content (AvgIpc) is 2.75. The molecule has 1 atom stereocenters. The molecule has 1 unspecified atom stereocenters. The van der Waals surface area contributed by atoms with Gasteiger partial charge < -0.3 is 10.5 Å². The molecule has 3 heteroatoms. The Morgan fingerprint density at radius 1 is 1.24 bits per heavy atom. The number of nitrogens with two attached hydrogens (primary N) is 1. The number of methoxy groups -OCH3 is 1. The second kappa shape index (κ2) is 4.90. The highest BCUT2D eigenvalue weighted by Gasteiger charge is 2.14. The van der Waals surface area contributed by atoms with Crippen molar-refractivity contribution in [1.29, 1.82) is 0 Å². The molecule has 0 amide bonds. The van der Waals surface area contributed by atoms with Gasteiger partial charge in [0.15, 0.2) is 0 Å². The summed E-state index contributed by atoms with van der Waals surface area (Å²) in [5, 5.41) is 2.11. The van der Waals surface area contributed by atoms with Crippen molar-refractivity contribution in [2.45, 2.75) is 19.9 Å². The van der Waals surface area contributed by atoms with Crippen molar-refractivity contribution in [3.05, 3.63) is 51.2 Å². The fourth-order valence-corrected chi connectivity index (χ4v) is 2.62. The van der Waals surface area contributed by atoms with Crippen molar-refractivity contribution >= 4 is 11.3 Å². The summed E-state index contributed by atoms with van der Waals surface area (Å²) < 4.78 is 5.40. The van der Waals surface area contributed by atoms with Crippen LogP contribution in [0.4, 0.5) is 0 Å². The molecule has 17 heavy (non-hydrogen) atoms. The molecule has 2 N–H and O–H groups in total. The third-order valence-electron chi connectivity index (χ3n) is 2.83. The van der Waals surface area contributed by atoms with Crippen molar-refractivity contribution < 1.29 is 4.74 Å². The fourth-order valence-electron chi connectivity index (χ4n) is 1.88. The summed E-state index contributed by atoms with van der Waals surface area (Å²) in [6.45, 7) is 4.14. The summed E-state index contributed by atoms with van der Waals surface area (Å²) in [6, 6.07) is 8.15. The van der Waals surface area contributed by atoms with Gasteiger partial charge in [0.05, 0.1) is 13.2 Å². The zero-order valence-electron chi connectivity index (χ0n) is 10.4. The Morgan fingerprint density at radius 3 is 2.59 bits per heavy atom. The van der Waals surface area contributed by atoms with Crippen LogP contribution in [0.1, 0.15) is 27.6 Å². The molecule has 2 rings (SSSR count). The van der Waals surface area contributed by atoms with E-state index in [1.54, 1.807) is 18.4 Å². The molecular weight excluding hydrogens is 230 g/mol. The van der Waals surface area contributed by atoms with E-state index in [1.807, 2.05) is 19.1 Å². The van der Waals surface area contributed by atoms with Crippen molar-refractivity contribution in [3.8, 4) is 5.75 Å². The van der Waals surface area contributed by atoms with Gasteiger partial charge in [-0.25, -0.2) is 0 Å². The van der Waals surface area contributed by atoms with Gasteiger partial charge in [-0.3, -0.25) is 0 Å². The van der Waals surface area contributed by atoms with Gasteiger partial charge in [-0.2, -0.15) is 0 Å². The summed E-state index contributed by atoms with van der Waals surface area (Å²) in [5.74, 6) is 0.862. The maximum absolute atomic E-state index is 6.28. The molecule has 2 aromatic rings. The SMILES string of the molecule is COc1cc(C)ccc1C(N)c1csc(C)c1. The molecule has 0 radical (unpaired) electrons. The Morgan fingerprint density at radius 2 is 2.00 bits per heavy atom. The normalized spacial score (nSPS) is 12.5. The van der Waals surface area contributed by atoms with Gasteiger partial charge in [-0.05, 0) is 42.5 Å². The molecule has 0 fully saturated rings. The lowest BCUT2D eigenvalue weighted by molar-refractivity contribution is 0.407. The molecule has 0 saturated heterocycles. The quantitative estimate of drug-likeness (QED) is 0.902. The zero-order valence-corrected chi connectivity index (χ0v) is 11.2. The zero-order chi connectivity index (χ0) is 12.4. The summed E-state index contributed by atoms with van der Waals surface area (Å²) in [7, 11) is 1.68. The molecule has 0 aliphatic carbocycles. The van der Waals surface area contributed by atoms with E-state index in [4.69, 9.17) is 10.5 Å². The highest BCUT2D eigenvalue weighted by atomic mass is 32.1. The Hall–Kier alpha value is -1.32. The van der Waals surface area contributed by atoms with Crippen molar-refractivity contribution in [3.63, 3.8) is 0 Å². The van der Waals surface area contributed by atoms with Gasteiger partial charge in [0.2, 0.25) is 0 Å². The lowest BCUT2D eigenvalue weighted by Crippen LogP contribution is -2.12. The average molecular weight is 247 g/mol. The monoisotopic (exact) mass is 247 g/mol. The maximum atomic E-state index is 6.28. The second-order valence-corrected chi connectivity index (χ2v) is 5.33. The first-order chi connectivity index (χ1) is 8.11. The first kappa shape index (κ1) is 12.1. The second-order valence-electron chi connectivity index (χ2n) is 4.21. The van der Waals surface area contributed by atoms with Crippen LogP contribution in [-0.4, -0.2) is 7.11 Å². The van der Waals surface area contributed by atoms with Crippen LogP contribution in [0.25, 0.3) is 0 Å². The molecule has 1 aromatic carbocycles. The van der Waals surface area contributed by atoms with Crippen LogP contribution in [0.3, 0.4) is 0 Å². The smallest absolute Gasteiger partial charge is 0.124 e. The largest absolute Gasteiger partial charge is 0.496 e. The van der Waals surface area contributed by atoms with E-state index in [1.165, 1.54) is 10.4 Å². The predicted octanol–water partition coefficient (Wildman–Crippen LogP) is 3.42. The number of hydrogen-bond donors (Lipinski definition) is 1. The molecule has 1 heterocycles. The fraction of sp³-hybridized carbons (Fsp3) is 0.286. The van der Waals surface area contributed by atoms with Crippen LogP contribution in [0.15, 0.2) is 29.6 Å². The van der Waals surface area contributed by atoms with Gasteiger partial charge in [0, 0.05) is 10.4 Å². The van der Waals surface area contributed by atoms with Crippen molar-refractivity contribution in [2.75, 3.05) is 7.11 Å². The van der Waals surface area contributed by atoms with Crippen LogP contribution in [0.2, 0.25) is 0 Å². The van der Waals surface area contributed by atoms with Gasteiger partial charge in [-0.15, -0.1) is 11.3 Å². The molecule has 1 aromatic heterocycles. The molecular formula is C14H17NOS. The Labute approximate surface area is 106 Å². The van der Waals surface area contributed by atoms with E-state index in [0.29, 0.717) is 0 Å². The summed E-state index contributed by atoms with van der Waals surface area (Å²) >= 11 is 1.72. The Kier molecular flexibility index (Phi) is 3.50. The molecule has 0 saturated carbocycles. The van der Waals surface area contributed by atoms with E-state index >= 15 is 0 Å². The number of rotatable bonds is 3. The summed E-state index contributed by atoms with van der Waals surface area (Å²) in [5.41, 5.74) is 9.65. The molecule has 0 aliphatic heterocycles. The molecule has 90 valence electrons. The minimum atomic E-state index is -0.115. The Bertz CT molecular complexity index is 519. The van der Waals surface area contributed by atoms with Crippen LogP contribution < -0.4 is 10.5 Å². The molecule has 2 nitrogen and oxygen atoms in total. The highest BCUT2D eigenvalue weighted by molar-refractivity contribution is 7.10. The standard InChI is InChI=1S/C14H17NOS/c1-9-4-5-12(13(6-9)16-3)14(15)11-7-10(2)17-8-11/h4-8,14H,15H2,1-3H3.